The molecule has 14 heavy (non-hydrogen) atoms. The van der Waals surface area contributed by atoms with Gasteiger partial charge in [-0.15, -0.1) is 0 Å². The molecule has 2 aromatic rings. The van der Waals surface area contributed by atoms with Crippen LogP contribution < -0.4 is 5.73 Å². The van der Waals surface area contributed by atoms with Crippen molar-refractivity contribution < 1.29 is 0 Å². The van der Waals surface area contributed by atoms with Crippen molar-refractivity contribution in [3.05, 3.63) is 35.5 Å². The quantitative estimate of drug-likeness (QED) is 0.486. The zero-order valence-electron chi connectivity index (χ0n) is 8.02. The van der Waals surface area contributed by atoms with Gasteiger partial charge in [0, 0.05) is 16.5 Å². The molecule has 1 heterocycles. The summed E-state index contributed by atoms with van der Waals surface area (Å²) in [7, 11) is 0. The molecule has 3 heteroatoms. The number of nitrogen functional groups attached to an aromatic ring is 1. The van der Waals surface area contributed by atoms with Crippen LogP contribution in [-0.2, 0) is 6.42 Å². The first kappa shape index (κ1) is 8.81. The lowest BCUT2D eigenvalue weighted by Gasteiger charge is -1.98. The first-order valence-corrected chi connectivity index (χ1v) is 4.59. The van der Waals surface area contributed by atoms with Crippen LogP contribution in [0.25, 0.3) is 10.9 Å². The zero-order chi connectivity index (χ0) is 10.1. The van der Waals surface area contributed by atoms with E-state index in [0.717, 1.165) is 22.9 Å². The number of benzene rings is 1. The van der Waals surface area contributed by atoms with Crippen LogP contribution in [0.5, 0.6) is 0 Å². The van der Waals surface area contributed by atoms with Crippen LogP contribution in [0.1, 0.15) is 18.1 Å². The summed E-state index contributed by atoms with van der Waals surface area (Å²) >= 11 is 0. The Hall–Kier alpha value is -1.77. The molecule has 3 nitrogen and oxygen atoms in total. The van der Waals surface area contributed by atoms with Gasteiger partial charge in [0.2, 0.25) is 0 Å². The molecule has 0 aliphatic carbocycles. The number of hydrogen-bond acceptors (Lipinski definition) is 1. The lowest BCUT2D eigenvalue weighted by molar-refractivity contribution is 1.15. The summed E-state index contributed by atoms with van der Waals surface area (Å²) < 4.78 is 0. The van der Waals surface area contributed by atoms with Crippen molar-refractivity contribution in [3.63, 3.8) is 0 Å². The van der Waals surface area contributed by atoms with Crippen LogP contribution in [0.2, 0.25) is 0 Å². The van der Waals surface area contributed by atoms with Gasteiger partial charge in [0.15, 0.2) is 0 Å². The van der Waals surface area contributed by atoms with Crippen LogP contribution in [0, 0.1) is 11.6 Å². The van der Waals surface area contributed by atoms with Crippen LogP contribution in [0.4, 0.5) is 0 Å². The van der Waals surface area contributed by atoms with E-state index in [1.807, 2.05) is 18.2 Å². The molecule has 71 valence electrons. The number of aryl methyl sites for hydroxylation is 1. The number of amidine groups is 1. The fourth-order valence-corrected chi connectivity index (χ4v) is 1.57. The third-order valence-electron chi connectivity index (χ3n) is 2.36. The molecule has 0 saturated carbocycles. The summed E-state index contributed by atoms with van der Waals surface area (Å²) in [5.74, 6) is 0.0968. The number of H-pyrrole nitrogens is 1. The number of nitrogens with two attached hydrogens (primary N) is 1. The molecule has 0 unspecified atom stereocenters. The molecule has 0 amide bonds. The average Bonchev–Trinajstić information content (AvgIpc) is 2.59. The van der Waals surface area contributed by atoms with E-state index in [2.05, 4.69) is 18.1 Å². The predicted molar refractivity (Wildman–Crippen MR) is 57.5 cm³/mol. The molecule has 0 saturated heterocycles. The molecule has 0 spiro atoms. The Kier molecular flexibility index (Phi) is 2.00. The lowest BCUT2D eigenvalue weighted by atomic mass is 10.1. The second-order valence-electron chi connectivity index (χ2n) is 3.26. The summed E-state index contributed by atoms with van der Waals surface area (Å²) in [6.45, 7) is 2.10. The molecule has 0 aliphatic rings. The standard InChI is InChI=1S/C11H12N3/c1-2-7-6-14-10-5-8(11(12)13)3-4-9(7)10/h3-5,14H,2H2,1H3,(H3,12,13). The van der Waals surface area contributed by atoms with Gasteiger partial charge in [-0.3, -0.25) is 5.41 Å². The predicted octanol–water partition coefficient (Wildman–Crippen LogP) is 1.81. The molecular weight excluding hydrogens is 174 g/mol. The molecule has 0 aliphatic heterocycles. The Labute approximate surface area is 82.4 Å². The number of aromatic amines is 1. The topological polar surface area (TPSA) is 65.7 Å². The number of hydrogen-bond donors (Lipinski definition) is 3. The number of fused-ring (bicyclic) bond motifs is 1. The molecule has 0 atom stereocenters. The molecule has 0 bridgehead atoms. The Morgan fingerprint density at radius 3 is 3.00 bits per heavy atom. The van der Waals surface area contributed by atoms with Gasteiger partial charge in [0.05, 0.1) is 6.20 Å². The first-order valence-electron chi connectivity index (χ1n) is 4.59. The smallest absolute Gasteiger partial charge is 0.122 e. The number of nitrogens with one attached hydrogen (secondary N) is 2. The van der Waals surface area contributed by atoms with Crippen LogP contribution >= 0.6 is 0 Å². The molecule has 1 aromatic carbocycles. The lowest BCUT2D eigenvalue weighted by Crippen LogP contribution is -2.10. The fourth-order valence-electron chi connectivity index (χ4n) is 1.57. The number of aromatic nitrogens is 1. The van der Waals surface area contributed by atoms with Gasteiger partial charge >= 0.3 is 0 Å². The molecule has 2 rings (SSSR count). The highest BCUT2D eigenvalue weighted by molar-refractivity contribution is 5.98. The monoisotopic (exact) mass is 186 g/mol. The van der Waals surface area contributed by atoms with E-state index in [1.54, 1.807) is 0 Å². The van der Waals surface area contributed by atoms with Gasteiger partial charge < -0.3 is 10.7 Å². The van der Waals surface area contributed by atoms with Crippen LogP contribution in [-0.4, -0.2) is 10.8 Å². The van der Waals surface area contributed by atoms with E-state index in [9.17, 15) is 0 Å². The Balaban J connectivity index is 2.63. The van der Waals surface area contributed by atoms with Gasteiger partial charge in [-0.1, -0.05) is 19.1 Å². The normalized spacial score (nSPS) is 10.6. The van der Waals surface area contributed by atoms with Gasteiger partial charge in [-0.25, -0.2) is 0 Å². The van der Waals surface area contributed by atoms with E-state index in [-0.39, 0.29) is 5.84 Å². The van der Waals surface area contributed by atoms with E-state index in [1.165, 1.54) is 5.56 Å². The van der Waals surface area contributed by atoms with Gasteiger partial charge in [-0.05, 0) is 18.1 Å². The fraction of sp³-hybridized carbons (Fsp3) is 0.182. The van der Waals surface area contributed by atoms with Gasteiger partial charge in [-0.2, -0.15) is 0 Å². The summed E-state index contributed by atoms with van der Waals surface area (Å²) in [5.41, 5.74) is 8.32. The van der Waals surface area contributed by atoms with E-state index in [4.69, 9.17) is 11.1 Å². The first-order chi connectivity index (χ1) is 6.72. The minimum absolute atomic E-state index is 0.0968. The molecule has 0 fully saturated rings. The van der Waals surface area contributed by atoms with Crippen molar-refractivity contribution in [1.82, 2.24) is 4.98 Å². The van der Waals surface area contributed by atoms with Crippen molar-refractivity contribution in [2.75, 3.05) is 0 Å². The van der Waals surface area contributed by atoms with E-state index >= 15 is 0 Å². The van der Waals surface area contributed by atoms with Crippen LogP contribution in [0.15, 0.2) is 18.2 Å². The summed E-state index contributed by atoms with van der Waals surface area (Å²) in [6.07, 6.45) is 4.05. The maximum atomic E-state index is 7.32. The zero-order valence-corrected chi connectivity index (χ0v) is 8.02. The minimum atomic E-state index is 0.0968. The Morgan fingerprint density at radius 2 is 2.36 bits per heavy atom. The highest BCUT2D eigenvalue weighted by atomic mass is 14.7. The van der Waals surface area contributed by atoms with E-state index < -0.39 is 0 Å². The molecule has 1 radical (unpaired) electrons. The maximum Gasteiger partial charge on any atom is 0.122 e. The third kappa shape index (κ3) is 1.27. The highest BCUT2D eigenvalue weighted by Crippen LogP contribution is 2.19. The average molecular weight is 186 g/mol. The van der Waals surface area contributed by atoms with Crippen molar-refractivity contribution >= 4 is 16.7 Å². The largest absolute Gasteiger partial charge is 0.384 e. The second kappa shape index (κ2) is 3.18. The molecule has 4 N–H and O–H groups in total. The minimum Gasteiger partial charge on any atom is -0.384 e. The Bertz CT molecular complexity index is 482. The van der Waals surface area contributed by atoms with Crippen LogP contribution in [0.3, 0.4) is 0 Å². The van der Waals surface area contributed by atoms with Crippen molar-refractivity contribution in [3.8, 4) is 0 Å². The van der Waals surface area contributed by atoms with Crippen molar-refractivity contribution in [2.45, 2.75) is 13.3 Å². The molecular formula is C11H12N3. The highest BCUT2D eigenvalue weighted by Gasteiger charge is 2.04. The summed E-state index contributed by atoms with van der Waals surface area (Å²) in [6, 6.07) is 5.73. The summed E-state index contributed by atoms with van der Waals surface area (Å²) in [5, 5.41) is 8.48. The third-order valence-corrected chi connectivity index (χ3v) is 2.36. The summed E-state index contributed by atoms with van der Waals surface area (Å²) in [4.78, 5) is 3.06. The van der Waals surface area contributed by atoms with Gasteiger partial charge in [0.1, 0.15) is 5.84 Å². The number of rotatable bonds is 2. The second-order valence-corrected chi connectivity index (χ2v) is 3.26. The molecule has 1 aromatic heterocycles. The van der Waals surface area contributed by atoms with Crippen molar-refractivity contribution in [1.29, 1.82) is 5.41 Å². The van der Waals surface area contributed by atoms with E-state index in [0.29, 0.717) is 0 Å². The Morgan fingerprint density at radius 1 is 1.57 bits per heavy atom. The van der Waals surface area contributed by atoms with Gasteiger partial charge in [0.25, 0.3) is 0 Å². The SMILES string of the molecule is CCc1[c][nH]c2cc(C(=N)N)ccc12. The van der Waals surface area contributed by atoms with Crippen molar-refractivity contribution in [2.24, 2.45) is 5.73 Å². The maximum absolute atomic E-state index is 7.32.